The number of nitrogens with zero attached hydrogens (tertiary/aromatic N) is 1. The minimum atomic E-state index is -0.0652. The minimum Gasteiger partial charge on any atom is -0.374 e. The van der Waals surface area contributed by atoms with Gasteiger partial charge >= 0.3 is 0 Å². The van der Waals surface area contributed by atoms with Gasteiger partial charge in [0.1, 0.15) is 0 Å². The molecule has 0 unspecified atom stereocenters. The van der Waals surface area contributed by atoms with Crippen molar-refractivity contribution in [2.24, 2.45) is 5.92 Å². The zero-order valence-corrected chi connectivity index (χ0v) is 9.81. The molecule has 0 aliphatic carbocycles. The third-order valence-corrected chi connectivity index (χ3v) is 3.34. The van der Waals surface area contributed by atoms with Gasteiger partial charge in [-0.25, -0.2) is 0 Å². The fourth-order valence-corrected chi connectivity index (χ4v) is 1.64. The van der Waals surface area contributed by atoms with Gasteiger partial charge in [-0.2, -0.15) is 12.6 Å². The lowest BCUT2D eigenvalue weighted by atomic mass is 10.1. The summed E-state index contributed by atoms with van der Waals surface area (Å²) in [6.07, 6.45) is 1.28. The smallest absolute Gasteiger partial charge is 0.0714 e. The predicted octanol–water partition coefficient (Wildman–Crippen LogP) is 1.66. The van der Waals surface area contributed by atoms with Crippen LogP contribution in [0.3, 0.4) is 0 Å². The maximum Gasteiger partial charge on any atom is 0.0714 e. The quantitative estimate of drug-likeness (QED) is 0.698. The molecule has 1 rings (SSSR count). The van der Waals surface area contributed by atoms with Crippen LogP contribution in [-0.4, -0.2) is 43.0 Å². The molecule has 1 heterocycles. The van der Waals surface area contributed by atoms with Crippen molar-refractivity contribution in [3.8, 4) is 0 Å². The summed E-state index contributed by atoms with van der Waals surface area (Å²) in [5, 5.41) is 0. The van der Waals surface area contributed by atoms with E-state index in [0.717, 1.165) is 18.3 Å². The topological polar surface area (TPSA) is 12.5 Å². The van der Waals surface area contributed by atoms with Gasteiger partial charge in [-0.05, 0) is 39.8 Å². The van der Waals surface area contributed by atoms with E-state index in [4.69, 9.17) is 4.74 Å². The summed E-state index contributed by atoms with van der Waals surface area (Å²) < 4.78 is 5.81. The molecule has 2 nitrogen and oxygen atoms in total. The Balaban J connectivity index is 2.19. The molecule has 1 aliphatic rings. The normalized spacial score (nSPS) is 25.4. The van der Waals surface area contributed by atoms with Gasteiger partial charge in [-0.3, -0.25) is 0 Å². The maximum absolute atomic E-state index is 5.81. The molecule has 3 heteroatoms. The predicted molar refractivity (Wildman–Crippen MR) is 59.5 cm³/mol. The second-order valence-corrected chi connectivity index (χ2v) is 4.96. The Morgan fingerprint density at radius 3 is 2.69 bits per heavy atom. The summed E-state index contributed by atoms with van der Waals surface area (Å²) in [6.45, 7) is 7.48. The van der Waals surface area contributed by atoms with Gasteiger partial charge in [0, 0.05) is 12.3 Å². The number of ether oxygens (including phenoxy) is 1. The molecule has 1 aliphatic heterocycles. The zero-order chi connectivity index (χ0) is 9.90. The highest BCUT2D eigenvalue weighted by Crippen LogP contribution is 2.18. The standard InChI is InChI=1S/C10H21NOS/c1-10(2,8-13)12-7-9-4-5-11(3)6-9/h9,13H,4-8H2,1-3H3/t9-/m1/s1. The van der Waals surface area contributed by atoms with E-state index in [-0.39, 0.29) is 5.60 Å². The van der Waals surface area contributed by atoms with Crippen molar-refractivity contribution in [2.45, 2.75) is 25.9 Å². The molecule has 1 atom stereocenters. The lowest BCUT2D eigenvalue weighted by molar-refractivity contribution is -0.0165. The van der Waals surface area contributed by atoms with Gasteiger partial charge in [0.25, 0.3) is 0 Å². The number of rotatable bonds is 4. The average molecular weight is 203 g/mol. The van der Waals surface area contributed by atoms with Crippen molar-refractivity contribution in [1.82, 2.24) is 4.90 Å². The highest BCUT2D eigenvalue weighted by Gasteiger charge is 2.23. The van der Waals surface area contributed by atoms with Gasteiger partial charge in [-0.1, -0.05) is 0 Å². The molecule has 0 amide bonds. The molecule has 0 bridgehead atoms. The molecule has 0 saturated carbocycles. The Labute approximate surface area is 87.0 Å². The first-order valence-corrected chi connectivity index (χ1v) is 5.60. The van der Waals surface area contributed by atoms with Crippen molar-refractivity contribution in [2.75, 3.05) is 32.5 Å². The van der Waals surface area contributed by atoms with Crippen LogP contribution in [0.25, 0.3) is 0 Å². The largest absolute Gasteiger partial charge is 0.374 e. The number of hydrogen-bond donors (Lipinski definition) is 1. The first-order chi connectivity index (χ1) is 6.03. The van der Waals surface area contributed by atoms with E-state index < -0.39 is 0 Å². The van der Waals surface area contributed by atoms with Crippen LogP contribution in [0.1, 0.15) is 20.3 Å². The lowest BCUT2D eigenvalue weighted by Gasteiger charge is -2.24. The van der Waals surface area contributed by atoms with E-state index in [1.807, 2.05) is 0 Å². The molecule has 78 valence electrons. The molecular weight excluding hydrogens is 182 g/mol. The summed E-state index contributed by atoms with van der Waals surface area (Å²) in [6, 6.07) is 0. The number of likely N-dealkylation sites (tertiary alicyclic amines) is 1. The summed E-state index contributed by atoms with van der Waals surface area (Å²) in [4.78, 5) is 2.36. The van der Waals surface area contributed by atoms with Crippen LogP contribution in [0, 0.1) is 5.92 Å². The maximum atomic E-state index is 5.81. The Hall–Kier alpha value is 0.270. The molecule has 0 spiro atoms. The van der Waals surface area contributed by atoms with E-state index in [9.17, 15) is 0 Å². The second kappa shape index (κ2) is 4.67. The van der Waals surface area contributed by atoms with Crippen LogP contribution >= 0.6 is 12.6 Å². The molecule has 0 aromatic heterocycles. The molecule has 0 N–H and O–H groups in total. The van der Waals surface area contributed by atoms with E-state index in [1.54, 1.807) is 0 Å². The molecule has 0 aromatic rings. The summed E-state index contributed by atoms with van der Waals surface area (Å²) in [7, 11) is 2.17. The zero-order valence-electron chi connectivity index (χ0n) is 8.92. The van der Waals surface area contributed by atoms with Crippen molar-refractivity contribution in [1.29, 1.82) is 0 Å². The van der Waals surface area contributed by atoms with Gasteiger partial charge in [0.2, 0.25) is 0 Å². The molecule has 13 heavy (non-hydrogen) atoms. The summed E-state index contributed by atoms with van der Waals surface area (Å²) >= 11 is 4.26. The first-order valence-electron chi connectivity index (χ1n) is 4.97. The first kappa shape index (κ1) is 11.3. The Morgan fingerprint density at radius 1 is 1.54 bits per heavy atom. The molecule has 1 fully saturated rings. The monoisotopic (exact) mass is 203 g/mol. The average Bonchev–Trinajstić information content (AvgIpc) is 2.48. The molecule has 0 aromatic carbocycles. The highest BCUT2D eigenvalue weighted by molar-refractivity contribution is 7.80. The molecule has 1 saturated heterocycles. The van der Waals surface area contributed by atoms with Crippen LogP contribution in [-0.2, 0) is 4.74 Å². The van der Waals surface area contributed by atoms with Gasteiger partial charge in [0.15, 0.2) is 0 Å². The summed E-state index contributed by atoms with van der Waals surface area (Å²) in [5.74, 6) is 1.51. The molecule has 0 radical (unpaired) electrons. The van der Waals surface area contributed by atoms with Crippen LogP contribution in [0.4, 0.5) is 0 Å². The van der Waals surface area contributed by atoms with E-state index in [1.165, 1.54) is 19.5 Å². The van der Waals surface area contributed by atoms with Crippen LogP contribution in [0.2, 0.25) is 0 Å². The fraction of sp³-hybridized carbons (Fsp3) is 1.00. The Kier molecular flexibility index (Phi) is 4.07. The van der Waals surface area contributed by atoms with Crippen molar-refractivity contribution in [3.63, 3.8) is 0 Å². The number of hydrogen-bond acceptors (Lipinski definition) is 3. The fourth-order valence-electron chi connectivity index (χ4n) is 1.55. The highest BCUT2D eigenvalue weighted by atomic mass is 32.1. The van der Waals surface area contributed by atoms with E-state index >= 15 is 0 Å². The summed E-state index contributed by atoms with van der Waals surface area (Å²) in [5.41, 5.74) is -0.0652. The van der Waals surface area contributed by atoms with Crippen molar-refractivity contribution in [3.05, 3.63) is 0 Å². The third-order valence-electron chi connectivity index (χ3n) is 2.58. The Morgan fingerprint density at radius 2 is 2.23 bits per heavy atom. The van der Waals surface area contributed by atoms with Gasteiger partial charge in [0.05, 0.1) is 12.2 Å². The van der Waals surface area contributed by atoms with E-state index in [0.29, 0.717) is 0 Å². The Bertz CT molecular complexity index is 161. The van der Waals surface area contributed by atoms with Crippen LogP contribution < -0.4 is 0 Å². The minimum absolute atomic E-state index is 0.0652. The van der Waals surface area contributed by atoms with Gasteiger partial charge in [-0.15, -0.1) is 0 Å². The number of thiol groups is 1. The van der Waals surface area contributed by atoms with Crippen molar-refractivity contribution >= 4 is 12.6 Å². The SMILES string of the molecule is CN1CC[C@@H](COC(C)(C)CS)C1. The second-order valence-electron chi connectivity index (χ2n) is 4.65. The van der Waals surface area contributed by atoms with Gasteiger partial charge < -0.3 is 9.64 Å². The van der Waals surface area contributed by atoms with Crippen molar-refractivity contribution < 1.29 is 4.74 Å². The van der Waals surface area contributed by atoms with Crippen LogP contribution in [0.5, 0.6) is 0 Å². The van der Waals surface area contributed by atoms with E-state index in [2.05, 4.69) is 38.4 Å². The lowest BCUT2D eigenvalue weighted by Crippen LogP contribution is -2.30. The third kappa shape index (κ3) is 3.88. The molecular formula is C10H21NOS. The van der Waals surface area contributed by atoms with Crippen LogP contribution in [0.15, 0.2) is 0 Å².